The van der Waals surface area contributed by atoms with Gasteiger partial charge in [0.1, 0.15) is 11.4 Å². The maximum absolute atomic E-state index is 13.0. The average Bonchev–Trinajstić information content (AvgIpc) is 2.69. The smallest absolute Gasteiger partial charge is 0.256 e. The Kier molecular flexibility index (Phi) is 9.26. The topological polar surface area (TPSA) is 50.8 Å². The zero-order valence-corrected chi connectivity index (χ0v) is 18.1. The molecular formula is C23H38N2O3. The van der Waals surface area contributed by atoms with E-state index in [4.69, 9.17) is 9.47 Å². The fourth-order valence-electron chi connectivity index (χ4n) is 4.08. The van der Waals surface area contributed by atoms with Gasteiger partial charge in [-0.2, -0.15) is 0 Å². The summed E-state index contributed by atoms with van der Waals surface area (Å²) in [5, 5.41) is 3.06. The van der Waals surface area contributed by atoms with Gasteiger partial charge in [-0.1, -0.05) is 27.2 Å². The van der Waals surface area contributed by atoms with Crippen LogP contribution < -0.4 is 10.1 Å². The minimum Gasteiger partial charge on any atom is -0.494 e. The summed E-state index contributed by atoms with van der Waals surface area (Å²) in [7, 11) is 0. The number of anilines is 1. The largest absolute Gasteiger partial charge is 0.494 e. The van der Waals surface area contributed by atoms with Gasteiger partial charge in [-0.15, -0.1) is 0 Å². The highest BCUT2D eigenvalue weighted by atomic mass is 16.5. The van der Waals surface area contributed by atoms with E-state index in [-0.39, 0.29) is 5.91 Å². The zero-order valence-electron chi connectivity index (χ0n) is 18.1. The first-order valence-corrected chi connectivity index (χ1v) is 10.9. The first-order valence-electron chi connectivity index (χ1n) is 10.9. The quantitative estimate of drug-likeness (QED) is 0.556. The molecule has 1 aliphatic rings. The van der Waals surface area contributed by atoms with E-state index >= 15 is 0 Å². The Labute approximate surface area is 170 Å². The molecule has 1 N–H and O–H groups in total. The number of carbonyl (C=O) groups excluding carboxylic acids is 1. The summed E-state index contributed by atoms with van der Waals surface area (Å²) in [6, 6.07) is 7.65. The van der Waals surface area contributed by atoms with Crippen LogP contribution in [-0.4, -0.2) is 49.3 Å². The average molecular weight is 391 g/mol. The highest BCUT2D eigenvalue weighted by Gasteiger charge is 2.42. The van der Waals surface area contributed by atoms with E-state index in [1.165, 1.54) is 6.42 Å². The predicted octanol–water partition coefficient (Wildman–Crippen LogP) is 4.72. The van der Waals surface area contributed by atoms with Crippen molar-refractivity contribution in [3.05, 3.63) is 24.3 Å². The normalized spacial score (nSPS) is 22.2. The molecule has 0 spiro atoms. The summed E-state index contributed by atoms with van der Waals surface area (Å²) in [4.78, 5) is 15.4. The molecule has 5 heteroatoms. The lowest BCUT2D eigenvalue weighted by atomic mass is 9.78. The Hall–Kier alpha value is -1.59. The minimum atomic E-state index is -0.688. The van der Waals surface area contributed by atoms with Crippen LogP contribution >= 0.6 is 0 Å². The lowest BCUT2D eigenvalue weighted by molar-refractivity contribution is -0.147. The molecule has 0 heterocycles. The molecule has 0 aliphatic heterocycles. The lowest BCUT2D eigenvalue weighted by Gasteiger charge is -2.38. The summed E-state index contributed by atoms with van der Waals surface area (Å²) in [6.07, 6.45) is 4.80. The van der Waals surface area contributed by atoms with E-state index in [1.807, 2.05) is 31.2 Å². The van der Waals surface area contributed by atoms with E-state index in [1.54, 1.807) is 0 Å². The van der Waals surface area contributed by atoms with Crippen molar-refractivity contribution in [3.8, 4) is 5.75 Å². The summed E-state index contributed by atoms with van der Waals surface area (Å²) in [6.45, 7) is 13.0. The first kappa shape index (κ1) is 22.7. The Bertz CT molecular complexity index is 582. The van der Waals surface area contributed by atoms with Crippen LogP contribution in [0.1, 0.15) is 59.8 Å². The summed E-state index contributed by atoms with van der Waals surface area (Å²) in [5.41, 5.74) is 0.101. The van der Waals surface area contributed by atoms with Gasteiger partial charge in [0.25, 0.3) is 5.91 Å². The second-order valence-electron chi connectivity index (χ2n) is 7.84. The van der Waals surface area contributed by atoms with Crippen LogP contribution in [0.25, 0.3) is 0 Å². The maximum atomic E-state index is 13.0. The molecule has 0 bridgehead atoms. The van der Waals surface area contributed by atoms with Crippen molar-refractivity contribution >= 4 is 11.6 Å². The molecule has 5 nitrogen and oxygen atoms in total. The zero-order chi connectivity index (χ0) is 20.4. The molecule has 1 aromatic rings. The Balaban J connectivity index is 1.86. The number of hydrogen-bond donors (Lipinski definition) is 1. The van der Waals surface area contributed by atoms with E-state index in [9.17, 15) is 4.79 Å². The maximum Gasteiger partial charge on any atom is 0.256 e. The molecule has 0 aromatic heterocycles. The second-order valence-corrected chi connectivity index (χ2v) is 7.84. The van der Waals surface area contributed by atoms with E-state index < -0.39 is 5.60 Å². The number of ether oxygens (including phenoxy) is 2. The molecule has 2 rings (SSSR count). The third-order valence-electron chi connectivity index (χ3n) is 5.68. The summed E-state index contributed by atoms with van der Waals surface area (Å²) in [5.74, 6) is 1.33. The number of amides is 1. The van der Waals surface area contributed by atoms with E-state index in [2.05, 4.69) is 31.0 Å². The summed E-state index contributed by atoms with van der Waals surface area (Å²) >= 11 is 0. The van der Waals surface area contributed by atoms with Crippen LogP contribution in [0, 0.1) is 5.92 Å². The Morgan fingerprint density at radius 1 is 1.21 bits per heavy atom. The molecular weight excluding hydrogens is 352 g/mol. The number of benzene rings is 1. The van der Waals surface area contributed by atoms with Gasteiger partial charge in [0.2, 0.25) is 0 Å². The van der Waals surface area contributed by atoms with Crippen molar-refractivity contribution in [2.45, 2.75) is 65.4 Å². The van der Waals surface area contributed by atoms with Gasteiger partial charge in [-0.05, 0) is 75.9 Å². The van der Waals surface area contributed by atoms with Crippen molar-refractivity contribution in [2.24, 2.45) is 5.92 Å². The van der Waals surface area contributed by atoms with Crippen LogP contribution in [0.3, 0.4) is 0 Å². The first-order chi connectivity index (χ1) is 13.5. The lowest BCUT2D eigenvalue weighted by Crippen LogP contribution is -2.48. The third-order valence-corrected chi connectivity index (χ3v) is 5.68. The molecule has 1 aliphatic carbocycles. The van der Waals surface area contributed by atoms with Crippen LogP contribution in [0.15, 0.2) is 24.3 Å². The van der Waals surface area contributed by atoms with Gasteiger partial charge < -0.3 is 19.7 Å². The molecule has 2 atom stereocenters. The monoisotopic (exact) mass is 390 g/mol. The van der Waals surface area contributed by atoms with E-state index in [0.717, 1.165) is 56.8 Å². The van der Waals surface area contributed by atoms with Crippen molar-refractivity contribution in [1.29, 1.82) is 0 Å². The number of rotatable bonds is 11. The highest BCUT2D eigenvalue weighted by molar-refractivity contribution is 5.97. The highest BCUT2D eigenvalue weighted by Crippen LogP contribution is 2.36. The summed E-state index contributed by atoms with van der Waals surface area (Å²) < 4.78 is 11.8. The molecule has 28 heavy (non-hydrogen) atoms. The van der Waals surface area contributed by atoms with Crippen molar-refractivity contribution in [2.75, 3.05) is 38.2 Å². The van der Waals surface area contributed by atoms with Crippen LogP contribution in [0.5, 0.6) is 5.75 Å². The molecule has 0 unspecified atom stereocenters. The number of nitrogens with one attached hydrogen (secondary N) is 1. The van der Waals surface area contributed by atoms with Crippen LogP contribution in [0.4, 0.5) is 5.69 Å². The van der Waals surface area contributed by atoms with Crippen molar-refractivity contribution in [1.82, 2.24) is 4.90 Å². The second kappa shape index (κ2) is 11.4. The van der Waals surface area contributed by atoms with Crippen LogP contribution in [0.2, 0.25) is 0 Å². The van der Waals surface area contributed by atoms with Crippen molar-refractivity contribution in [3.63, 3.8) is 0 Å². The molecule has 0 radical (unpaired) electrons. The van der Waals surface area contributed by atoms with Crippen LogP contribution in [-0.2, 0) is 9.53 Å². The fraction of sp³-hybridized carbons (Fsp3) is 0.696. The number of hydrogen-bond acceptors (Lipinski definition) is 4. The molecule has 1 saturated carbocycles. The standard InChI is InChI=1S/C23H38N2O3/c1-5-25(6-2)16-9-17-27-21-13-11-20(12-14-21)24-22(26)23(28-7-3)15-8-10-19(4)18-23/h11-14,19H,5-10,15-18H2,1-4H3,(H,24,26)/t19-,23-/m1/s1. The van der Waals surface area contributed by atoms with Gasteiger partial charge in [-0.3, -0.25) is 4.79 Å². The van der Waals surface area contributed by atoms with Gasteiger partial charge in [0, 0.05) is 18.8 Å². The molecule has 158 valence electrons. The van der Waals surface area contributed by atoms with Gasteiger partial charge in [0.05, 0.1) is 6.61 Å². The molecule has 0 saturated heterocycles. The van der Waals surface area contributed by atoms with Crippen molar-refractivity contribution < 1.29 is 14.3 Å². The Morgan fingerprint density at radius 2 is 1.93 bits per heavy atom. The minimum absolute atomic E-state index is 0.0196. The molecule has 1 fully saturated rings. The predicted molar refractivity (Wildman–Crippen MR) is 115 cm³/mol. The third kappa shape index (κ3) is 6.49. The molecule has 1 amide bonds. The number of carbonyl (C=O) groups is 1. The van der Waals surface area contributed by atoms with Gasteiger partial charge in [-0.25, -0.2) is 0 Å². The SMILES string of the molecule is CCO[C@]1(C(=O)Nc2ccc(OCCCN(CC)CC)cc2)CCC[C@@H](C)C1. The fourth-order valence-corrected chi connectivity index (χ4v) is 4.08. The van der Waals surface area contributed by atoms with E-state index in [0.29, 0.717) is 19.1 Å². The van der Waals surface area contributed by atoms with Gasteiger partial charge in [0.15, 0.2) is 0 Å². The molecule has 1 aromatic carbocycles. The Morgan fingerprint density at radius 3 is 2.54 bits per heavy atom. The van der Waals surface area contributed by atoms with Gasteiger partial charge >= 0.3 is 0 Å². The number of nitrogens with zero attached hydrogens (tertiary/aromatic N) is 1.